The maximum absolute atomic E-state index is 4.44. The molecule has 3 nitrogen and oxygen atoms in total. The molecule has 1 aliphatic rings. The van der Waals surface area contributed by atoms with E-state index in [0.29, 0.717) is 11.5 Å². The molecule has 3 heteroatoms. The molecular weight excluding hydrogens is 258 g/mol. The fraction of sp³-hybridized carbons (Fsp3) is 0.833. The molecule has 1 aromatic heterocycles. The highest BCUT2D eigenvalue weighted by Gasteiger charge is 2.34. The summed E-state index contributed by atoms with van der Waals surface area (Å²) in [6.07, 6.45) is 9.55. The first-order chi connectivity index (χ1) is 9.89. The topological polar surface area (TPSA) is 29.9 Å². The van der Waals surface area contributed by atoms with Crippen molar-refractivity contribution in [3.05, 3.63) is 18.0 Å². The van der Waals surface area contributed by atoms with Crippen molar-refractivity contribution in [3.63, 3.8) is 0 Å². The van der Waals surface area contributed by atoms with Crippen LogP contribution in [0.5, 0.6) is 0 Å². The van der Waals surface area contributed by atoms with Crippen molar-refractivity contribution in [3.8, 4) is 0 Å². The van der Waals surface area contributed by atoms with E-state index >= 15 is 0 Å². The highest BCUT2D eigenvalue weighted by molar-refractivity contribution is 5.06. The lowest BCUT2D eigenvalue weighted by molar-refractivity contribution is 0.114. The lowest BCUT2D eigenvalue weighted by Crippen LogP contribution is -2.38. The fourth-order valence-corrected chi connectivity index (χ4v) is 3.67. The molecule has 21 heavy (non-hydrogen) atoms. The smallest absolute Gasteiger partial charge is 0.0521 e. The molecule has 1 aliphatic carbocycles. The summed E-state index contributed by atoms with van der Waals surface area (Å²) < 4.78 is 2.05. The highest BCUT2D eigenvalue weighted by Crippen LogP contribution is 2.43. The molecule has 2 rings (SSSR count). The maximum Gasteiger partial charge on any atom is 0.0521 e. The third-order valence-electron chi connectivity index (χ3n) is 4.97. The van der Waals surface area contributed by atoms with Gasteiger partial charge in [-0.3, -0.25) is 4.68 Å². The monoisotopic (exact) mass is 291 g/mol. The van der Waals surface area contributed by atoms with Crippen molar-refractivity contribution in [1.29, 1.82) is 0 Å². The van der Waals surface area contributed by atoms with Gasteiger partial charge in [-0.15, -0.1) is 0 Å². The van der Waals surface area contributed by atoms with E-state index in [2.05, 4.69) is 57.4 Å². The summed E-state index contributed by atoms with van der Waals surface area (Å²) in [6.45, 7) is 13.6. The Morgan fingerprint density at radius 2 is 2.14 bits per heavy atom. The predicted molar refractivity (Wildman–Crippen MR) is 89.4 cm³/mol. The maximum atomic E-state index is 4.44. The number of nitrogens with zero attached hydrogens (tertiary/aromatic N) is 2. The van der Waals surface area contributed by atoms with E-state index < -0.39 is 0 Å². The normalized spacial score (nSPS) is 25.4. The number of nitrogens with one attached hydrogen (secondary N) is 1. The molecule has 0 radical (unpaired) electrons. The zero-order valence-corrected chi connectivity index (χ0v) is 14.5. The van der Waals surface area contributed by atoms with Crippen LogP contribution in [-0.4, -0.2) is 22.4 Å². The molecule has 1 fully saturated rings. The molecule has 1 N–H and O–H groups in total. The SMILES string of the molecule is CCn1cc(CC2CC(C)(C)CCC2CNC(C)C)cn1. The van der Waals surface area contributed by atoms with Crippen molar-refractivity contribution in [1.82, 2.24) is 15.1 Å². The molecule has 0 spiro atoms. The van der Waals surface area contributed by atoms with E-state index in [9.17, 15) is 0 Å². The minimum absolute atomic E-state index is 0.500. The Bertz CT molecular complexity index is 431. The van der Waals surface area contributed by atoms with Crippen LogP contribution in [0.15, 0.2) is 12.4 Å². The fourth-order valence-electron chi connectivity index (χ4n) is 3.67. The van der Waals surface area contributed by atoms with Gasteiger partial charge < -0.3 is 5.32 Å². The molecule has 2 unspecified atom stereocenters. The van der Waals surface area contributed by atoms with E-state index in [1.165, 1.54) is 37.8 Å². The Balaban J connectivity index is 2.02. The molecule has 0 saturated heterocycles. The molecule has 1 saturated carbocycles. The van der Waals surface area contributed by atoms with Crippen LogP contribution in [0.2, 0.25) is 0 Å². The summed E-state index contributed by atoms with van der Waals surface area (Å²) in [5, 5.41) is 8.09. The lowest BCUT2D eigenvalue weighted by Gasteiger charge is -2.41. The number of aromatic nitrogens is 2. The standard InChI is InChI=1S/C18H33N3/c1-6-21-13-15(11-20-21)9-17-10-18(4,5)8-7-16(17)12-19-14(2)3/h11,13-14,16-17,19H,6-10,12H2,1-5H3. The van der Waals surface area contributed by atoms with E-state index in [-0.39, 0.29) is 0 Å². The molecule has 0 aromatic carbocycles. The third-order valence-corrected chi connectivity index (χ3v) is 4.97. The van der Waals surface area contributed by atoms with Gasteiger partial charge in [0, 0.05) is 18.8 Å². The second-order valence-corrected chi connectivity index (χ2v) is 7.90. The molecule has 0 amide bonds. The number of hydrogen-bond acceptors (Lipinski definition) is 2. The molecule has 0 aliphatic heterocycles. The summed E-state index contributed by atoms with van der Waals surface area (Å²) in [5.74, 6) is 1.60. The van der Waals surface area contributed by atoms with Crippen LogP contribution in [0.25, 0.3) is 0 Å². The summed E-state index contributed by atoms with van der Waals surface area (Å²) in [7, 11) is 0. The molecule has 120 valence electrons. The Morgan fingerprint density at radius 1 is 1.38 bits per heavy atom. The van der Waals surface area contributed by atoms with Gasteiger partial charge in [-0.2, -0.15) is 5.10 Å². The number of aryl methyl sites for hydroxylation is 1. The number of hydrogen-bond donors (Lipinski definition) is 1. The van der Waals surface area contributed by atoms with Gasteiger partial charge in [0.05, 0.1) is 6.20 Å². The van der Waals surface area contributed by atoms with E-state index in [0.717, 1.165) is 18.4 Å². The van der Waals surface area contributed by atoms with Crippen LogP contribution in [0, 0.1) is 17.3 Å². The summed E-state index contributed by atoms with van der Waals surface area (Å²) in [6, 6.07) is 0.587. The zero-order chi connectivity index (χ0) is 15.5. The zero-order valence-electron chi connectivity index (χ0n) is 14.5. The van der Waals surface area contributed by atoms with Crippen LogP contribution in [0.3, 0.4) is 0 Å². The van der Waals surface area contributed by atoms with Crippen LogP contribution >= 0.6 is 0 Å². The first kappa shape index (κ1) is 16.5. The van der Waals surface area contributed by atoms with E-state index in [1.54, 1.807) is 0 Å². The Labute approximate surface area is 130 Å². The van der Waals surface area contributed by atoms with Crippen molar-refractivity contribution in [2.75, 3.05) is 6.54 Å². The molecule has 2 atom stereocenters. The van der Waals surface area contributed by atoms with Crippen LogP contribution < -0.4 is 5.32 Å². The lowest BCUT2D eigenvalue weighted by atomic mass is 9.65. The average molecular weight is 291 g/mol. The summed E-state index contributed by atoms with van der Waals surface area (Å²) in [4.78, 5) is 0. The third kappa shape index (κ3) is 4.84. The van der Waals surface area contributed by atoms with Crippen LogP contribution in [0.1, 0.15) is 59.4 Å². The minimum Gasteiger partial charge on any atom is -0.314 e. The second kappa shape index (κ2) is 6.95. The van der Waals surface area contributed by atoms with Crippen molar-refractivity contribution >= 4 is 0 Å². The molecular formula is C18H33N3. The first-order valence-corrected chi connectivity index (χ1v) is 8.64. The molecule has 0 bridgehead atoms. The van der Waals surface area contributed by atoms with Gasteiger partial charge in [0.2, 0.25) is 0 Å². The van der Waals surface area contributed by atoms with Gasteiger partial charge in [0.25, 0.3) is 0 Å². The van der Waals surface area contributed by atoms with Crippen molar-refractivity contribution in [2.24, 2.45) is 17.3 Å². The van der Waals surface area contributed by atoms with Gasteiger partial charge in [-0.25, -0.2) is 0 Å². The minimum atomic E-state index is 0.500. The largest absolute Gasteiger partial charge is 0.314 e. The van der Waals surface area contributed by atoms with Gasteiger partial charge in [-0.05, 0) is 62.0 Å². The molecule has 1 aromatic rings. The predicted octanol–water partition coefficient (Wildman–Crippen LogP) is 3.89. The van der Waals surface area contributed by atoms with E-state index in [1.807, 2.05) is 4.68 Å². The first-order valence-electron chi connectivity index (χ1n) is 8.64. The Morgan fingerprint density at radius 3 is 2.76 bits per heavy atom. The van der Waals surface area contributed by atoms with Gasteiger partial charge >= 0.3 is 0 Å². The average Bonchev–Trinajstić information content (AvgIpc) is 2.84. The van der Waals surface area contributed by atoms with Gasteiger partial charge in [0.1, 0.15) is 0 Å². The van der Waals surface area contributed by atoms with Gasteiger partial charge in [-0.1, -0.05) is 27.7 Å². The Kier molecular flexibility index (Phi) is 5.48. The number of rotatable bonds is 6. The quantitative estimate of drug-likeness (QED) is 0.862. The second-order valence-electron chi connectivity index (χ2n) is 7.90. The Hall–Kier alpha value is -0.830. The van der Waals surface area contributed by atoms with Crippen molar-refractivity contribution in [2.45, 2.75) is 72.9 Å². The van der Waals surface area contributed by atoms with Crippen molar-refractivity contribution < 1.29 is 0 Å². The van der Waals surface area contributed by atoms with Crippen LogP contribution in [-0.2, 0) is 13.0 Å². The highest BCUT2D eigenvalue weighted by atomic mass is 15.3. The summed E-state index contributed by atoms with van der Waals surface area (Å²) >= 11 is 0. The van der Waals surface area contributed by atoms with Gasteiger partial charge in [0.15, 0.2) is 0 Å². The van der Waals surface area contributed by atoms with E-state index in [4.69, 9.17) is 0 Å². The molecule has 1 heterocycles. The summed E-state index contributed by atoms with van der Waals surface area (Å²) in [5.41, 5.74) is 1.91. The van der Waals surface area contributed by atoms with Crippen LogP contribution in [0.4, 0.5) is 0 Å².